The summed E-state index contributed by atoms with van der Waals surface area (Å²) in [5, 5.41) is 2.92. The molecule has 0 aliphatic carbocycles. The van der Waals surface area contributed by atoms with Crippen molar-refractivity contribution in [3.8, 4) is 0 Å². The second kappa shape index (κ2) is 14.4. The predicted molar refractivity (Wildman–Crippen MR) is 165 cm³/mol. The quantitative estimate of drug-likeness (QED) is 0.315. The zero-order chi connectivity index (χ0) is 31.0. The van der Waals surface area contributed by atoms with E-state index in [1.165, 1.54) is 25.1 Å². The largest absolute Gasteiger partial charge is 0.354 e. The lowest BCUT2D eigenvalue weighted by atomic mass is 10.0. The molecule has 10 heteroatoms. The van der Waals surface area contributed by atoms with E-state index in [2.05, 4.69) is 5.32 Å². The molecule has 2 amide bonds. The highest BCUT2D eigenvalue weighted by Crippen LogP contribution is 2.26. The summed E-state index contributed by atoms with van der Waals surface area (Å²) in [6, 6.07) is 19.6. The fourth-order valence-corrected chi connectivity index (χ4v) is 5.59. The number of rotatable bonds is 13. The van der Waals surface area contributed by atoms with Crippen molar-refractivity contribution in [2.75, 3.05) is 31.5 Å². The monoisotopic (exact) mass is 596 g/mol. The Kier molecular flexibility index (Phi) is 11.2. The van der Waals surface area contributed by atoms with E-state index >= 15 is 0 Å². The van der Waals surface area contributed by atoms with E-state index in [0.717, 1.165) is 19.7 Å². The zero-order valence-corrected chi connectivity index (χ0v) is 26.0. The molecule has 226 valence electrons. The molecule has 3 rings (SSSR count). The molecule has 0 aromatic heterocycles. The van der Waals surface area contributed by atoms with Crippen LogP contribution < -0.4 is 9.62 Å². The minimum absolute atomic E-state index is 0.159. The number of anilines is 1. The van der Waals surface area contributed by atoms with Gasteiger partial charge in [-0.1, -0.05) is 74.5 Å². The summed E-state index contributed by atoms with van der Waals surface area (Å²) in [5.41, 5.74) is 2.86. The predicted octanol–water partition coefficient (Wildman–Crippen LogP) is 4.47. The van der Waals surface area contributed by atoms with E-state index in [1.807, 2.05) is 57.2 Å². The Labute approximate surface area is 249 Å². The van der Waals surface area contributed by atoms with Crippen LogP contribution in [0.15, 0.2) is 72.8 Å². The fourth-order valence-electron chi connectivity index (χ4n) is 4.48. The van der Waals surface area contributed by atoms with E-state index in [0.29, 0.717) is 17.8 Å². The number of aryl methyl sites for hydroxylation is 2. The third kappa shape index (κ3) is 8.39. The van der Waals surface area contributed by atoms with Gasteiger partial charge in [0.1, 0.15) is 18.4 Å². The molecule has 0 heterocycles. The highest BCUT2D eigenvalue weighted by atomic mass is 32.2. The van der Waals surface area contributed by atoms with Crippen LogP contribution in [0.3, 0.4) is 0 Å². The van der Waals surface area contributed by atoms with E-state index < -0.39 is 40.4 Å². The molecule has 0 saturated carbocycles. The highest BCUT2D eigenvalue weighted by Gasteiger charge is 2.35. The fraction of sp³-hybridized carbons (Fsp3) is 0.375. The third-order valence-corrected chi connectivity index (χ3v) is 8.71. The van der Waals surface area contributed by atoms with Crippen LogP contribution in [0.2, 0.25) is 0 Å². The summed E-state index contributed by atoms with van der Waals surface area (Å²) in [6.45, 7) is 7.11. The van der Waals surface area contributed by atoms with Crippen LogP contribution in [0.1, 0.15) is 36.1 Å². The molecule has 1 N–H and O–H groups in total. The molecule has 3 aromatic carbocycles. The Morgan fingerprint density at radius 2 is 1.57 bits per heavy atom. The van der Waals surface area contributed by atoms with Gasteiger partial charge in [0.2, 0.25) is 11.8 Å². The van der Waals surface area contributed by atoms with Crippen LogP contribution in [0, 0.1) is 25.6 Å². The van der Waals surface area contributed by atoms with Gasteiger partial charge in [0.15, 0.2) is 0 Å². The van der Waals surface area contributed by atoms with Crippen molar-refractivity contribution in [3.63, 3.8) is 0 Å². The first kappa shape index (κ1) is 32.8. The van der Waals surface area contributed by atoms with Gasteiger partial charge in [-0.15, -0.1) is 0 Å². The molecule has 0 aliphatic heterocycles. The number of hydrogen-bond acceptors (Lipinski definition) is 4. The molecule has 42 heavy (non-hydrogen) atoms. The topological polar surface area (TPSA) is 90.0 Å². The lowest BCUT2D eigenvalue weighted by Gasteiger charge is -2.35. The van der Waals surface area contributed by atoms with Crippen LogP contribution in [-0.2, 0) is 32.8 Å². The number of benzene rings is 3. The Morgan fingerprint density at radius 1 is 0.929 bits per heavy atom. The van der Waals surface area contributed by atoms with Gasteiger partial charge in [0.25, 0.3) is 0 Å². The Hall–Kier alpha value is -3.76. The molecule has 3 aromatic rings. The van der Waals surface area contributed by atoms with Crippen molar-refractivity contribution in [1.29, 1.82) is 0 Å². The van der Waals surface area contributed by atoms with E-state index in [-0.39, 0.29) is 24.4 Å². The minimum Gasteiger partial charge on any atom is -0.354 e. The van der Waals surface area contributed by atoms with Crippen molar-refractivity contribution in [2.45, 2.75) is 46.7 Å². The van der Waals surface area contributed by atoms with Gasteiger partial charge in [-0.3, -0.25) is 9.59 Å². The third-order valence-electron chi connectivity index (χ3n) is 6.91. The second-order valence-corrected chi connectivity index (χ2v) is 13.1. The number of halogens is 1. The van der Waals surface area contributed by atoms with Crippen molar-refractivity contribution < 1.29 is 22.4 Å². The van der Waals surface area contributed by atoms with Gasteiger partial charge in [-0.2, -0.15) is 12.7 Å². The number of nitrogens with one attached hydrogen (secondary N) is 1. The number of amides is 2. The van der Waals surface area contributed by atoms with E-state index in [9.17, 15) is 22.4 Å². The van der Waals surface area contributed by atoms with Crippen LogP contribution in [0.5, 0.6) is 0 Å². The average Bonchev–Trinajstić information content (AvgIpc) is 2.94. The van der Waals surface area contributed by atoms with Gasteiger partial charge in [0.05, 0.1) is 5.69 Å². The highest BCUT2D eigenvalue weighted by molar-refractivity contribution is 7.90. The molecule has 1 atom stereocenters. The molecule has 0 bridgehead atoms. The normalized spacial score (nSPS) is 12.3. The lowest BCUT2D eigenvalue weighted by molar-refractivity contribution is -0.140. The molecule has 0 spiro atoms. The zero-order valence-electron chi connectivity index (χ0n) is 25.2. The smallest absolute Gasteiger partial charge is 0.304 e. The molecule has 0 aliphatic rings. The molecule has 8 nitrogen and oxygen atoms in total. The van der Waals surface area contributed by atoms with E-state index in [1.54, 1.807) is 37.3 Å². The van der Waals surface area contributed by atoms with Gasteiger partial charge in [-0.05, 0) is 48.6 Å². The summed E-state index contributed by atoms with van der Waals surface area (Å²) in [5.74, 6) is -1.40. The van der Waals surface area contributed by atoms with Crippen LogP contribution in [0.4, 0.5) is 10.1 Å². The van der Waals surface area contributed by atoms with Gasteiger partial charge < -0.3 is 10.2 Å². The molecule has 0 radical (unpaired) electrons. The van der Waals surface area contributed by atoms with Crippen molar-refractivity contribution in [3.05, 3.63) is 101 Å². The first-order valence-corrected chi connectivity index (χ1v) is 15.3. The standard InChI is InChI=1S/C32H41FN4O4S/c1-23(2)20-34-32(39)30(19-26-12-8-7-9-13-26)36(21-27-14-10-11-15-28(27)33)31(38)22-37(42(40,41)35(5)6)29-18-24(3)16-17-25(29)4/h7-18,23,30H,19-22H2,1-6H3,(H,34,39)/t30-/m0/s1. The molecule has 0 unspecified atom stereocenters. The molecule has 0 saturated heterocycles. The summed E-state index contributed by atoms with van der Waals surface area (Å²) in [4.78, 5) is 29.3. The van der Waals surface area contributed by atoms with Gasteiger partial charge >= 0.3 is 10.2 Å². The minimum atomic E-state index is -4.12. The summed E-state index contributed by atoms with van der Waals surface area (Å²) < 4.78 is 44.2. The number of nitrogens with zero attached hydrogens (tertiary/aromatic N) is 3. The summed E-state index contributed by atoms with van der Waals surface area (Å²) in [6.07, 6.45) is 0.162. The molecular formula is C32H41FN4O4S. The maximum absolute atomic E-state index is 14.9. The summed E-state index contributed by atoms with van der Waals surface area (Å²) >= 11 is 0. The van der Waals surface area contributed by atoms with Crippen LogP contribution in [-0.4, -0.2) is 62.7 Å². The van der Waals surface area contributed by atoms with Crippen LogP contribution in [0.25, 0.3) is 0 Å². The van der Waals surface area contributed by atoms with Crippen LogP contribution >= 0.6 is 0 Å². The Bertz CT molecular complexity index is 1480. The summed E-state index contributed by atoms with van der Waals surface area (Å²) in [7, 11) is -1.33. The van der Waals surface area contributed by atoms with Crippen molar-refractivity contribution in [2.24, 2.45) is 5.92 Å². The first-order chi connectivity index (χ1) is 19.8. The maximum Gasteiger partial charge on any atom is 0.304 e. The second-order valence-electron chi connectivity index (χ2n) is 11.0. The Morgan fingerprint density at radius 3 is 2.19 bits per heavy atom. The number of hydrogen-bond donors (Lipinski definition) is 1. The SMILES string of the molecule is Cc1ccc(C)c(N(CC(=O)N(Cc2ccccc2F)[C@@H](Cc2ccccc2)C(=O)NCC(C)C)S(=O)(=O)N(C)C)c1. The maximum atomic E-state index is 14.9. The average molecular weight is 597 g/mol. The number of carbonyl (C=O) groups is 2. The molecule has 0 fully saturated rings. The first-order valence-electron chi connectivity index (χ1n) is 13.9. The van der Waals surface area contributed by atoms with Gasteiger partial charge in [-0.25, -0.2) is 8.70 Å². The van der Waals surface area contributed by atoms with E-state index in [4.69, 9.17) is 0 Å². The van der Waals surface area contributed by atoms with Gasteiger partial charge in [0, 0.05) is 39.2 Å². The van der Waals surface area contributed by atoms with Crippen molar-refractivity contribution in [1.82, 2.24) is 14.5 Å². The number of carbonyl (C=O) groups excluding carboxylic acids is 2. The molecular weight excluding hydrogens is 555 g/mol. The Balaban J connectivity index is 2.13. The van der Waals surface area contributed by atoms with Crippen molar-refractivity contribution >= 4 is 27.7 Å². The lowest BCUT2D eigenvalue weighted by Crippen LogP contribution is -2.54.